The first-order chi connectivity index (χ1) is 10.4. The van der Waals surface area contributed by atoms with Gasteiger partial charge >= 0.3 is 5.97 Å². The molecule has 3 heteroatoms. The molecular weight excluding hydrogens is 276 g/mol. The van der Waals surface area contributed by atoms with Crippen molar-refractivity contribution in [2.75, 3.05) is 0 Å². The number of carbonyl (C=O) groups is 1. The molecule has 0 aromatic heterocycles. The van der Waals surface area contributed by atoms with Crippen molar-refractivity contribution in [2.24, 2.45) is 0 Å². The van der Waals surface area contributed by atoms with Gasteiger partial charge in [0.25, 0.3) is 0 Å². The molecule has 0 unspecified atom stereocenters. The number of para-hydroxylation sites is 1. The monoisotopic (exact) mass is 298 g/mol. The fourth-order valence-corrected chi connectivity index (χ4v) is 1.97. The maximum Gasteiger partial charge on any atom is 0.352 e. The lowest BCUT2D eigenvalue weighted by atomic mass is 9.87. The topological polar surface area (TPSA) is 35.5 Å². The third-order valence-electron chi connectivity index (χ3n) is 3.33. The molecule has 0 bridgehead atoms. The Morgan fingerprint density at radius 3 is 2.05 bits per heavy atom. The highest BCUT2D eigenvalue weighted by Gasteiger charge is 2.18. The average Bonchev–Trinajstić information content (AvgIpc) is 2.48. The summed E-state index contributed by atoms with van der Waals surface area (Å²) < 4.78 is 10.9. The number of ether oxygens (including phenoxy) is 2. The highest BCUT2D eigenvalue weighted by molar-refractivity contribution is 5.77. The largest absolute Gasteiger partial charge is 0.479 e. The lowest BCUT2D eigenvalue weighted by Crippen LogP contribution is -2.28. The van der Waals surface area contributed by atoms with E-state index in [1.165, 1.54) is 5.56 Å². The fourth-order valence-electron chi connectivity index (χ4n) is 1.97. The normalized spacial score (nSPS) is 12.5. The third kappa shape index (κ3) is 4.35. The summed E-state index contributed by atoms with van der Waals surface area (Å²) in [4.78, 5) is 12.0. The number of carbonyl (C=O) groups excluding carboxylic acids is 1. The van der Waals surface area contributed by atoms with Crippen LogP contribution in [0.2, 0.25) is 0 Å². The van der Waals surface area contributed by atoms with Gasteiger partial charge in [0.15, 0.2) is 6.10 Å². The van der Waals surface area contributed by atoms with E-state index in [4.69, 9.17) is 9.47 Å². The lowest BCUT2D eigenvalue weighted by molar-refractivity contribution is -0.141. The van der Waals surface area contributed by atoms with Crippen LogP contribution in [0.15, 0.2) is 54.6 Å². The van der Waals surface area contributed by atoms with E-state index in [1.807, 2.05) is 42.5 Å². The second-order valence-corrected chi connectivity index (χ2v) is 6.27. The Kier molecular flexibility index (Phi) is 4.86. The van der Waals surface area contributed by atoms with E-state index < -0.39 is 12.1 Å². The van der Waals surface area contributed by atoms with Gasteiger partial charge < -0.3 is 9.47 Å². The minimum atomic E-state index is -0.666. The maximum absolute atomic E-state index is 12.0. The number of hydrogen-bond acceptors (Lipinski definition) is 3. The summed E-state index contributed by atoms with van der Waals surface area (Å²) >= 11 is 0. The minimum absolute atomic E-state index is 0.0936. The molecule has 0 fully saturated rings. The molecule has 116 valence electrons. The summed E-state index contributed by atoms with van der Waals surface area (Å²) in [7, 11) is 0. The first-order valence-electron chi connectivity index (χ1n) is 7.40. The Labute approximate surface area is 131 Å². The van der Waals surface area contributed by atoms with Crippen molar-refractivity contribution >= 4 is 5.97 Å². The molecule has 0 aliphatic heterocycles. The predicted molar refractivity (Wildman–Crippen MR) is 87.3 cm³/mol. The van der Waals surface area contributed by atoms with Gasteiger partial charge in [-0.3, -0.25) is 0 Å². The number of benzene rings is 2. The maximum atomic E-state index is 12.0. The molecule has 0 saturated carbocycles. The molecular formula is C19H22O3. The quantitative estimate of drug-likeness (QED) is 0.621. The summed E-state index contributed by atoms with van der Waals surface area (Å²) in [5, 5.41) is 0. The van der Waals surface area contributed by atoms with Crippen molar-refractivity contribution in [3.63, 3.8) is 0 Å². The zero-order valence-corrected chi connectivity index (χ0v) is 13.5. The molecule has 0 N–H and O–H groups in total. The van der Waals surface area contributed by atoms with Gasteiger partial charge in [-0.2, -0.15) is 0 Å². The van der Waals surface area contributed by atoms with Gasteiger partial charge in [-0.15, -0.1) is 0 Å². The van der Waals surface area contributed by atoms with Crippen LogP contribution in [0.4, 0.5) is 0 Å². The van der Waals surface area contributed by atoms with Gasteiger partial charge in [-0.05, 0) is 42.2 Å². The van der Waals surface area contributed by atoms with Gasteiger partial charge in [0.1, 0.15) is 11.5 Å². The van der Waals surface area contributed by atoms with E-state index in [9.17, 15) is 4.79 Å². The smallest absolute Gasteiger partial charge is 0.352 e. The predicted octanol–water partition coefficient (Wildman–Crippen LogP) is 4.36. The van der Waals surface area contributed by atoms with Crippen LogP contribution in [0.1, 0.15) is 33.3 Å². The molecule has 2 rings (SSSR count). The van der Waals surface area contributed by atoms with E-state index in [-0.39, 0.29) is 5.41 Å². The van der Waals surface area contributed by atoms with Crippen LogP contribution in [0, 0.1) is 0 Å². The molecule has 3 nitrogen and oxygen atoms in total. The summed E-state index contributed by atoms with van der Waals surface area (Å²) in [6, 6.07) is 16.8. The van der Waals surface area contributed by atoms with Gasteiger partial charge in [-0.25, -0.2) is 4.79 Å². The summed E-state index contributed by atoms with van der Waals surface area (Å²) in [6.07, 6.45) is -0.666. The molecule has 2 aromatic carbocycles. The zero-order valence-electron chi connectivity index (χ0n) is 13.5. The van der Waals surface area contributed by atoms with Crippen molar-refractivity contribution in [3.8, 4) is 11.5 Å². The first-order valence-corrected chi connectivity index (χ1v) is 7.40. The van der Waals surface area contributed by atoms with Gasteiger partial charge in [0, 0.05) is 0 Å². The molecule has 0 spiro atoms. The van der Waals surface area contributed by atoms with Crippen LogP contribution in [0.25, 0.3) is 0 Å². The van der Waals surface area contributed by atoms with E-state index in [0.29, 0.717) is 11.5 Å². The second kappa shape index (κ2) is 6.65. The molecule has 0 radical (unpaired) electrons. The molecule has 0 heterocycles. The number of esters is 1. The number of hydrogen-bond donors (Lipinski definition) is 0. The fraction of sp³-hybridized carbons (Fsp3) is 0.316. The van der Waals surface area contributed by atoms with Gasteiger partial charge in [0.05, 0.1) is 0 Å². The Balaban J connectivity index is 1.96. The zero-order chi connectivity index (χ0) is 16.2. The van der Waals surface area contributed by atoms with Crippen molar-refractivity contribution in [1.29, 1.82) is 0 Å². The lowest BCUT2D eigenvalue weighted by Gasteiger charge is -2.20. The highest BCUT2D eigenvalue weighted by Crippen LogP contribution is 2.24. The molecule has 22 heavy (non-hydrogen) atoms. The Morgan fingerprint density at radius 1 is 0.909 bits per heavy atom. The second-order valence-electron chi connectivity index (χ2n) is 6.27. The first kappa shape index (κ1) is 16.1. The molecule has 0 saturated heterocycles. The Hall–Kier alpha value is -2.29. The van der Waals surface area contributed by atoms with Crippen molar-refractivity contribution < 1.29 is 14.3 Å². The molecule has 1 atom stereocenters. The Morgan fingerprint density at radius 2 is 1.50 bits per heavy atom. The third-order valence-corrected chi connectivity index (χ3v) is 3.33. The minimum Gasteiger partial charge on any atom is -0.479 e. The van der Waals surface area contributed by atoms with Crippen molar-refractivity contribution in [1.82, 2.24) is 0 Å². The van der Waals surface area contributed by atoms with Crippen LogP contribution in [-0.4, -0.2) is 12.1 Å². The Bertz CT molecular complexity index is 609. The van der Waals surface area contributed by atoms with Crippen LogP contribution < -0.4 is 9.47 Å². The molecule has 0 aliphatic rings. The average molecular weight is 298 g/mol. The SMILES string of the molecule is C[C@@H](Oc1ccc(C(C)(C)C)cc1)C(=O)Oc1ccccc1. The van der Waals surface area contributed by atoms with Crippen molar-refractivity contribution in [3.05, 3.63) is 60.2 Å². The van der Waals surface area contributed by atoms with E-state index >= 15 is 0 Å². The molecule has 2 aromatic rings. The highest BCUT2D eigenvalue weighted by atomic mass is 16.6. The van der Waals surface area contributed by atoms with Crippen LogP contribution in [0.5, 0.6) is 11.5 Å². The molecule has 0 aliphatic carbocycles. The van der Waals surface area contributed by atoms with E-state index in [1.54, 1.807) is 19.1 Å². The summed E-state index contributed by atoms with van der Waals surface area (Å²) in [5.41, 5.74) is 1.32. The molecule has 0 amide bonds. The van der Waals surface area contributed by atoms with Crippen molar-refractivity contribution in [2.45, 2.75) is 39.2 Å². The van der Waals surface area contributed by atoms with Crippen LogP contribution >= 0.6 is 0 Å². The van der Waals surface area contributed by atoms with Crippen LogP contribution in [0.3, 0.4) is 0 Å². The van der Waals surface area contributed by atoms with Crippen LogP contribution in [-0.2, 0) is 10.2 Å². The number of rotatable bonds is 4. The summed E-state index contributed by atoms with van der Waals surface area (Å²) in [5.74, 6) is 0.766. The van der Waals surface area contributed by atoms with Gasteiger partial charge in [-0.1, -0.05) is 51.1 Å². The van der Waals surface area contributed by atoms with E-state index in [2.05, 4.69) is 20.8 Å². The van der Waals surface area contributed by atoms with E-state index in [0.717, 1.165) is 0 Å². The summed E-state index contributed by atoms with van der Waals surface area (Å²) in [6.45, 7) is 8.15. The van der Waals surface area contributed by atoms with Gasteiger partial charge in [0.2, 0.25) is 0 Å². The standard InChI is InChI=1S/C19H22O3/c1-14(18(20)22-16-8-6-5-7-9-16)21-17-12-10-15(11-13-17)19(2,3)4/h5-14H,1-4H3/t14-/m1/s1.